The summed E-state index contributed by atoms with van der Waals surface area (Å²) >= 11 is 0. The van der Waals surface area contributed by atoms with Gasteiger partial charge in [-0.05, 0) is 35.7 Å². The topological polar surface area (TPSA) is 87.8 Å². The highest BCUT2D eigenvalue weighted by molar-refractivity contribution is 6.03. The second kappa shape index (κ2) is 5.42. The van der Waals surface area contributed by atoms with Crippen LogP contribution in [0, 0.1) is 0 Å². The lowest BCUT2D eigenvalue weighted by molar-refractivity contribution is 0.0925. The molecule has 2 aliphatic heterocycles. The first-order chi connectivity index (χ1) is 11.6. The van der Waals surface area contributed by atoms with E-state index >= 15 is 0 Å². The fourth-order valence-electron chi connectivity index (χ4n) is 3.58. The molecule has 6 heteroatoms. The van der Waals surface area contributed by atoms with Gasteiger partial charge in [0.25, 0.3) is 5.91 Å². The molecule has 2 aliphatic rings. The highest BCUT2D eigenvalue weighted by Gasteiger charge is 2.37. The summed E-state index contributed by atoms with van der Waals surface area (Å²) in [7, 11) is 1.51. The van der Waals surface area contributed by atoms with Crippen LogP contribution in [-0.2, 0) is 0 Å². The molecule has 0 spiro atoms. The van der Waals surface area contributed by atoms with Gasteiger partial charge in [-0.3, -0.25) is 4.79 Å². The number of para-hydroxylation sites is 1. The molecule has 2 atom stereocenters. The van der Waals surface area contributed by atoms with Gasteiger partial charge in [-0.15, -0.1) is 0 Å². The first kappa shape index (κ1) is 14.8. The molecule has 0 saturated heterocycles. The van der Waals surface area contributed by atoms with Crippen molar-refractivity contribution >= 4 is 11.6 Å². The minimum absolute atomic E-state index is 0.0582. The maximum atomic E-state index is 12.6. The lowest BCUT2D eigenvalue weighted by atomic mass is 9.90. The Hall–Kier alpha value is -2.73. The number of aromatic hydroxyl groups is 1. The maximum Gasteiger partial charge on any atom is 0.255 e. The summed E-state index contributed by atoms with van der Waals surface area (Å²) in [6, 6.07) is 10.8. The van der Waals surface area contributed by atoms with Crippen LogP contribution >= 0.6 is 0 Å². The number of rotatable bonds is 2. The number of carbonyl (C=O) groups excluding carboxylic acids is 1. The summed E-state index contributed by atoms with van der Waals surface area (Å²) in [6.45, 7) is 0.749. The fourth-order valence-corrected chi connectivity index (χ4v) is 3.58. The zero-order chi connectivity index (χ0) is 16.8. The van der Waals surface area contributed by atoms with E-state index in [1.165, 1.54) is 7.11 Å². The molecule has 0 radical (unpaired) electrons. The first-order valence-electron chi connectivity index (χ1n) is 7.93. The smallest absolute Gasteiger partial charge is 0.255 e. The Labute approximate surface area is 139 Å². The van der Waals surface area contributed by atoms with E-state index in [4.69, 9.17) is 10.5 Å². The Morgan fingerprint density at radius 3 is 2.96 bits per heavy atom. The normalized spacial score (nSPS) is 21.9. The van der Waals surface area contributed by atoms with Gasteiger partial charge in [-0.2, -0.15) is 0 Å². The van der Waals surface area contributed by atoms with E-state index < -0.39 is 0 Å². The second-order valence-electron chi connectivity index (χ2n) is 6.14. The number of nitrogens with two attached hydrogens (primary N) is 1. The van der Waals surface area contributed by atoms with Crippen LogP contribution in [0.5, 0.6) is 11.5 Å². The van der Waals surface area contributed by atoms with Crippen LogP contribution in [-0.4, -0.2) is 24.7 Å². The molecule has 0 aliphatic carbocycles. The maximum absolute atomic E-state index is 12.6. The van der Waals surface area contributed by atoms with Crippen molar-refractivity contribution in [1.82, 2.24) is 5.32 Å². The van der Waals surface area contributed by atoms with Crippen LogP contribution in [0.2, 0.25) is 0 Å². The van der Waals surface area contributed by atoms with Gasteiger partial charge in [0.05, 0.1) is 18.4 Å². The summed E-state index contributed by atoms with van der Waals surface area (Å²) in [5, 5.41) is 12.9. The Balaban J connectivity index is 1.84. The van der Waals surface area contributed by atoms with E-state index in [-0.39, 0.29) is 23.9 Å². The second-order valence-corrected chi connectivity index (χ2v) is 6.14. The molecule has 0 aromatic heterocycles. The van der Waals surface area contributed by atoms with E-state index in [0.717, 1.165) is 29.8 Å². The Bertz CT molecular complexity index is 821. The number of hydrogen-bond donors (Lipinski definition) is 3. The highest BCUT2D eigenvalue weighted by atomic mass is 16.5. The van der Waals surface area contributed by atoms with Crippen LogP contribution in [0.15, 0.2) is 36.4 Å². The quantitative estimate of drug-likeness (QED) is 0.786. The average Bonchev–Trinajstić information content (AvgIpc) is 2.60. The summed E-state index contributed by atoms with van der Waals surface area (Å²) in [5.41, 5.74) is 9.67. The molecule has 4 N–H and O–H groups in total. The van der Waals surface area contributed by atoms with Gasteiger partial charge < -0.3 is 25.8 Å². The van der Waals surface area contributed by atoms with Gasteiger partial charge >= 0.3 is 0 Å². The molecule has 4 rings (SSSR count). The van der Waals surface area contributed by atoms with Crippen LogP contribution in [0.4, 0.5) is 5.69 Å². The van der Waals surface area contributed by atoms with Crippen molar-refractivity contribution in [2.45, 2.75) is 18.6 Å². The van der Waals surface area contributed by atoms with E-state index in [2.05, 4.69) is 10.2 Å². The zero-order valence-electron chi connectivity index (χ0n) is 13.3. The predicted octanol–water partition coefficient (Wildman–Crippen LogP) is 2.05. The van der Waals surface area contributed by atoms with Gasteiger partial charge in [0.1, 0.15) is 6.17 Å². The van der Waals surface area contributed by atoms with Crippen molar-refractivity contribution in [3.8, 4) is 11.5 Å². The first-order valence-corrected chi connectivity index (χ1v) is 7.93. The van der Waals surface area contributed by atoms with Crippen molar-refractivity contribution in [2.75, 3.05) is 18.6 Å². The highest BCUT2D eigenvalue weighted by Crippen LogP contribution is 2.42. The Morgan fingerprint density at radius 1 is 1.33 bits per heavy atom. The number of amides is 1. The molecule has 0 fully saturated rings. The molecule has 2 heterocycles. The van der Waals surface area contributed by atoms with Gasteiger partial charge in [-0.1, -0.05) is 18.2 Å². The number of carbonyl (C=O) groups is 1. The lowest BCUT2D eigenvalue weighted by Gasteiger charge is -2.44. The molecule has 124 valence electrons. The van der Waals surface area contributed by atoms with Crippen LogP contribution in [0.3, 0.4) is 0 Å². The molecule has 2 aromatic rings. The number of hydrogen-bond acceptors (Lipinski definition) is 5. The van der Waals surface area contributed by atoms with E-state index in [0.29, 0.717) is 11.3 Å². The van der Waals surface area contributed by atoms with Gasteiger partial charge in [-0.25, -0.2) is 0 Å². The SMILES string of the molecule is COc1cc([C@@H]2NC(=O)c3cccc4c3N2CC[C@H]4N)ccc1O. The third-order valence-corrected chi connectivity index (χ3v) is 4.78. The minimum atomic E-state index is -0.312. The number of benzene rings is 2. The van der Waals surface area contributed by atoms with Crippen molar-refractivity contribution in [1.29, 1.82) is 0 Å². The van der Waals surface area contributed by atoms with E-state index in [9.17, 15) is 9.90 Å². The Morgan fingerprint density at radius 2 is 2.17 bits per heavy atom. The summed E-state index contributed by atoms with van der Waals surface area (Å²) in [4.78, 5) is 14.7. The van der Waals surface area contributed by atoms with Crippen molar-refractivity contribution in [3.05, 3.63) is 53.1 Å². The monoisotopic (exact) mass is 325 g/mol. The van der Waals surface area contributed by atoms with Crippen LogP contribution in [0.25, 0.3) is 0 Å². The molecule has 0 saturated carbocycles. The number of phenols is 1. The third-order valence-electron chi connectivity index (χ3n) is 4.78. The van der Waals surface area contributed by atoms with Crippen molar-refractivity contribution in [2.24, 2.45) is 5.73 Å². The number of nitrogens with one attached hydrogen (secondary N) is 1. The fraction of sp³-hybridized carbons (Fsp3) is 0.278. The molecule has 6 nitrogen and oxygen atoms in total. The van der Waals surface area contributed by atoms with Crippen molar-refractivity contribution < 1.29 is 14.6 Å². The van der Waals surface area contributed by atoms with Crippen molar-refractivity contribution in [3.63, 3.8) is 0 Å². The zero-order valence-corrected chi connectivity index (χ0v) is 13.3. The standard InChI is InChI=1S/C18H19N3O3/c1-24-15-9-10(5-6-14(15)22)17-20-18(23)12-4-2-3-11-13(19)7-8-21(17)16(11)12/h2-6,9,13,17,22H,7-8,19H2,1H3,(H,20,23)/t13-,17-/m1/s1. The Kier molecular flexibility index (Phi) is 3.35. The molecule has 24 heavy (non-hydrogen) atoms. The largest absolute Gasteiger partial charge is 0.504 e. The summed E-state index contributed by atoms with van der Waals surface area (Å²) < 4.78 is 5.20. The minimum Gasteiger partial charge on any atom is -0.504 e. The number of anilines is 1. The molecular weight excluding hydrogens is 306 g/mol. The molecule has 0 unspecified atom stereocenters. The van der Waals surface area contributed by atoms with Crippen LogP contribution in [0.1, 0.15) is 40.1 Å². The van der Waals surface area contributed by atoms with Gasteiger partial charge in [0, 0.05) is 12.6 Å². The molecule has 2 aromatic carbocycles. The number of methoxy groups -OCH3 is 1. The number of phenolic OH excluding ortho intramolecular Hbond substituents is 1. The molecule has 1 amide bonds. The number of nitrogens with zero attached hydrogens (tertiary/aromatic N) is 1. The van der Waals surface area contributed by atoms with E-state index in [1.807, 2.05) is 18.2 Å². The summed E-state index contributed by atoms with van der Waals surface area (Å²) in [6.07, 6.45) is 0.506. The molecule has 0 bridgehead atoms. The van der Waals surface area contributed by atoms with E-state index in [1.54, 1.807) is 18.2 Å². The van der Waals surface area contributed by atoms with Crippen LogP contribution < -0.4 is 20.7 Å². The lowest BCUT2D eigenvalue weighted by Crippen LogP contribution is -2.49. The van der Waals surface area contributed by atoms with Gasteiger partial charge in [0.15, 0.2) is 11.5 Å². The van der Waals surface area contributed by atoms with Gasteiger partial charge in [0.2, 0.25) is 0 Å². The molecular formula is C18H19N3O3. The third kappa shape index (κ3) is 2.11. The summed E-state index contributed by atoms with van der Waals surface area (Å²) in [5.74, 6) is 0.342. The number of ether oxygens (including phenoxy) is 1. The predicted molar refractivity (Wildman–Crippen MR) is 90.2 cm³/mol. The average molecular weight is 325 g/mol.